The van der Waals surface area contributed by atoms with Crippen LogP contribution >= 0.6 is 0 Å². The normalized spacial score (nSPS) is 20.4. The molecule has 0 spiro atoms. The second-order valence-electron chi connectivity index (χ2n) is 7.32. The van der Waals surface area contributed by atoms with E-state index in [1.165, 1.54) is 4.90 Å². The van der Waals surface area contributed by atoms with E-state index in [9.17, 15) is 19.5 Å². The highest BCUT2D eigenvalue weighted by atomic mass is 16.5. The van der Waals surface area contributed by atoms with Crippen LogP contribution in [0.2, 0.25) is 0 Å². The summed E-state index contributed by atoms with van der Waals surface area (Å²) >= 11 is 0. The fourth-order valence-electron chi connectivity index (χ4n) is 4.06. The van der Waals surface area contributed by atoms with Crippen LogP contribution in [0.15, 0.2) is 48.5 Å². The third-order valence-electron chi connectivity index (χ3n) is 5.47. The molecule has 0 saturated carbocycles. The molecule has 7 nitrogen and oxygen atoms in total. The predicted molar refractivity (Wildman–Crippen MR) is 106 cm³/mol. The highest BCUT2D eigenvalue weighted by Crippen LogP contribution is 2.37. The van der Waals surface area contributed by atoms with E-state index in [1.54, 1.807) is 0 Å². The average molecular weight is 394 g/mol. The average Bonchev–Trinajstić information content (AvgIpc) is 2.87. The van der Waals surface area contributed by atoms with Gasteiger partial charge < -0.3 is 15.2 Å². The fourth-order valence-corrected chi connectivity index (χ4v) is 4.06. The Hall–Kier alpha value is -3.35. The number of carbonyl (C=O) groups excluding carboxylic acids is 2. The summed E-state index contributed by atoms with van der Waals surface area (Å²) in [7, 11) is 0. The second kappa shape index (κ2) is 7.95. The number of ether oxygens (including phenoxy) is 1. The van der Waals surface area contributed by atoms with Crippen molar-refractivity contribution in [2.75, 3.05) is 4.90 Å². The molecule has 2 heterocycles. The van der Waals surface area contributed by atoms with Crippen LogP contribution in [-0.4, -0.2) is 35.2 Å². The molecule has 2 unspecified atom stereocenters. The van der Waals surface area contributed by atoms with E-state index < -0.39 is 30.1 Å². The molecule has 0 fully saturated rings. The molecular formula is C22H22N2O5. The maximum atomic E-state index is 13.2. The van der Waals surface area contributed by atoms with Crippen molar-refractivity contribution >= 4 is 23.7 Å². The minimum absolute atomic E-state index is 0.0966. The number of aryl methyl sites for hydroxylation is 2. The minimum atomic E-state index is -1.04. The lowest BCUT2D eigenvalue weighted by Crippen LogP contribution is -2.55. The number of aliphatic carboxylic acids is 1. The van der Waals surface area contributed by atoms with Gasteiger partial charge >= 0.3 is 12.1 Å². The molecule has 0 radical (unpaired) electrons. The lowest BCUT2D eigenvalue weighted by molar-refractivity contribution is -0.140. The summed E-state index contributed by atoms with van der Waals surface area (Å²) in [6, 6.07) is 13.3. The van der Waals surface area contributed by atoms with Gasteiger partial charge in [-0.3, -0.25) is 9.69 Å². The van der Waals surface area contributed by atoms with Gasteiger partial charge in [-0.05, 0) is 42.4 Å². The van der Waals surface area contributed by atoms with Gasteiger partial charge in [0, 0.05) is 0 Å². The smallest absolute Gasteiger partial charge is 0.408 e. The third-order valence-corrected chi connectivity index (χ3v) is 5.47. The fraction of sp³-hybridized carbons (Fsp3) is 0.318. The quantitative estimate of drug-likeness (QED) is 0.831. The molecule has 2 amide bonds. The number of hydrogen-bond donors (Lipinski definition) is 2. The molecule has 29 heavy (non-hydrogen) atoms. The molecular weight excluding hydrogens is 372 g/mol. The number of hydrogen-bond acceptors (Lipinski definition) is 4. The maximum absolute atomic E-state index is 13.2. The molecule has 2 aromatic carbocycles. The van der Waals surface area contributed by atoms with Crippen molar-refractivity contribution in [2.24, 2.45) is 0 Å². The van der Waals surface area contributed by atoms with Crippen molar-refractivity contribution in [2.45, 2.75) is 44.4 Å². The zero-order chi connectivity index (χ0) is 20.4. The van der Waals surface area contributed by atoms with Crippen molar-refractivity contribution in [3.05, 3.63) is 65.2 Å². The number of carboxylic acid groups (broad SMARTS) is 1. The lowest BCUT2D eigenvalue weighted by Gasteiger charge is -2.36. The molecule has 2 N–H and O–H groups in total. The maximum Gasteiger partial charge on any atom is 0.408 e. The van der Waals surface area contributed by atoms with Crippen molar-refractivity contribution in [3.63, 3.8) is 0 Å². The highest BCUT2D eigenvalue weighted by Gasteiger charge is 2.41. The molecule has 7 heteroatoms. The number of para-hydroxylation sites is 1. The van der Waals surface area contributed by atoms with E-state index in [0.717, 1.165) is 16.7 Å². The Morgan fingerprint density at radius 1 is 1.03 bits per heavy atom. The molecule has 2 aliphatic rings. The molecule has 2 atom stereocenters. The van der Waals surface area contributed by atoms with E-state index in [0.29, 0.717) is 31.4 Å². The molecule has 4 rings (SSSR count). The first-order valence-electron chi connectivity index (χ1n) is 9.68. The molecule has 2 aromatic rings. The van der Waals surface area contributed by atoms with Crippen molar-refractivity contribution in [1.82, 2.24) is 5.32 Å². The van der Waals surface area contributed by atoms with Gasteiger partial charge in [-0.1, -0.05) is 48.5 Å². The number of alkyl carbamates (subject to hydrolysis) is 1. The number of benzene rings is 2. The topological polar surface area (TPSA) is 95.9 Å². The van der Waals surface area contributed by atoms with E-state index in [1.807, 2.05) is 48.5 Å². The minimum Gasteiger partial charge on any atom is -0.480 e. The Morgan fingerprint density at radius 3 is 2.41 bits per heavy atom. The van der Waals surface area contributed by atoms with Gasteiger partial charge in [0.1, 0.15) is 18.7 Å². The van der Waals surface area contributed by atoms with Crippen LogP contribution in [0.3, 0.4) is 0 Å². The summed E-state index contributed by atoms with van der Waals surface area (Å²) in [4.78, 5) is 38.7. The molecule has 2 aliphatic heterocycles. The number of nitrogens with zero attached hydrogens (tertiary/aromatic N) is 1. The Bertz CT molecular complexity index is 943. The Balaban J connectivity index is 1.53. The first-order chi connectivity index (χ1) is 14.0. The van der Waals surface area contributed by atoms with Crippen LogP contribution in [0, 0.1) is 0 Å². The molecule has 0 saturated heterocycles. The number of carbonyl (C=O) groups is 3. The Morgan fingerprint density at radius 2 is 1.72 bits per heavy atom. The molecule has 150 valence electrons. The van der Waals surface area contributed by atoms with Crippen LogP contribution in [0.5, 0.6) is 0 Å². The summed E-state index contributed by atoms with van der Waals surface area (Å²) < 4.78 is 5.24. The van der Waals surface area contributed by atoms with E-state index in [-0.39, 0.29) is 6.61 Å². The Labute approximate surface area is 168 Å². The number of carboxylic acids is 1. The number of amides is 2. The summed E-state index contributed by atoms with van der Waals surface area (Å²) in [5.41, 5.74) is 3.44. The van der Waals surface area contributed by atoms with E-state index in [4.69, 9.17) is 4.74 Å². The van der Waals surface area contributed by atoms with Gasteiger partial charge in [-0.15, -0.1) is 0 Å². The highest BCUT2D eigenvalue weighted by molar-refractivity contribution is 6.05. The zero-order valence-corrected chi connectivity index (χ0v) is 15.8. The van der Waals surface area contributed by atoms with Gasteiger partial charge in [0.05, 0.1) is 5.69 Å². The van der Waals surface area contributed by atoms with Crippen LogP contribution < -0.4 is 10.2 Å². The van der Waals surface area contributed by atoms with Gasteiger partial charge in [0.2, 0.25) is 0 Å². The molecule has 0 aliphatic carbocycles. The van der Waals surface area contributed by atoms with Crippen molar-refractivity contribution in [3.8, 4) is 0 Å². The van der Waals surface area contributed by atoms with Gasteiger partial charge in [-0.2, -0.15) is 0 Å². The van der Waals surface area contributed by atoms with Gasteiger partial charge in [0.25, 0.3) is 5.91 Å². The first-order valence-corrected chi connectivity index (χ1v) is 9.68. The van der Waals surface area contributed by atoms with E-state index >= 15 is 0 Å². The Kier molecular flexibility index (Phi) is 5.20. The van der Waals surface area contributed by atoms with Gasteiger partial charge in [-0.25, -0.2) is 9.59 Å². The molecule has 0 bridgehead atoms. The SMILES string of the molecule is O=C(NC1CCc2cccc3c2N(C1=O)C(C(=O)O)CC3)OCc1ccccc1. The zero-order valence-electron chi connectivity index (χ0n) is 15.8. The van der Waals surface area contributed by atoms with Crippen molar-refractivity contribution < 1.29 is 24.2 Å². The van der Waals surface area contributed by atoms with Crippen LogP contribution in [0.25, 0.3) is 0 Å². The molecule has 0 aromatic heterocycles. The summed E-state index contributed by atoms with van der Waals surface area (Å²) in [6.07, 6.45) is 1.23. The van der Waals surface area contributed by atoms with Crippen LogP contribution in [0.4, 0.5) is 10.5 Å². The number of anilines is 1. The van der Waals surface area contributed by atoms with E-state index in [2.05, 4.69) is 5.32 Å². The summed E-state index contributed by atoms with van der Waals surface area (Å²) in [5.74, 6) is -1.44. The largest absolute Gasteiger partial charge is 0.480 e. The predicted octanol–water partition coefficient (Wildman–Crippen LogP) is 2.66. The summed E-state index contributed by atoms with van der Waals surface area (Å²) in [6.45, 7) is 0.0966. The van der Waals surface area contributed by atoms with Gasteiger partial charge in [0.15, 0.2) is 0 Å². The van der Waals surface area contributed by atoms with Crippen LogP contribution in [-0.2, 0) is 33.8 Å². The second-order valence-corrected chi connectivity index (χ2v) is 7.32. The summed E-state index contributed by atoms with van der Waals surface area (Å²) in [5, 5.41) is 12.3. The third kappa shape index (κ3) is 3.81. The first kappa shape index (κ1) is 19.0. The lowest BCUT2D eigenvalue weighted by atomic mass is 9.92. The van der Waals surface area contributed by atoms with Crippen LogP contribution in [0.1, 0.15) is 29.5 Å². The van der Waals surface area contributed by atoms with Crippen molar-refractivity contribution in [1.29, 1.82) is 0 Å². The number of rotatable bonds is 4. The monoisotopic (exact) mass is 394 g/mol. The standard InChI is InChI=1S/C22H22N2O5/c25-20-17(23-22(28)29-13-14-5-2-1-3-6-14)11-9-15-7-4-8-16-10-12-18(21(26)27)24(20)19(15)16/h1-8,17-18H,9-13H2,(H,23,28)(H,26,27). The number of nitrogens with one attached hydrogen (secondary N) is 1.